The minimum absolute atomic E-state index is 0.0198. The number of amides is 1. The van der Waals surface area contributed by atoms with Crippen LogP contribution in [-0.4, -0.2) is 35.5 Å². The van der Waals surface area contributed by atoms with E-state index in [1.165, 1.54) is 6.20 Å². The maximum atomic E-state index is 11.4. The number of nitrogens with one attached hydrogen (secondary N) is 3. The Labute approximate surface area is 118 Å². The minimum atomic E-state index is 0.0198. The van der Waals surface area contributed by atoms with Crippen molar-refractivity contribution in [3.63, 3.8) is 0 Å². The molecule has 106 valence electrons. The molecule has 1 aromatic rings. The monoisotopic (exact) mass is 285 g/mol. The zero-order valence-corrected chi connectivity index (χ0v) is 12.0. The molecule has 1 heterocycles. The molecule has 0 aliphatic carbocycles. The molecule has 1 amide bonds. The van der Waals surface area contributed by atoms with E-state index < -0.39 is 0 Å². The molecule has 0 aliphatic heterocycles. The third kappa shape index (κ3) is 5.74. The van der Waals surface area contributed by atoms with Gasteiger partial charge in [-0.3, -0.25) is 4.79 Å². The van der Waals surface area contributed by atoms with E-state index in [-0.39, 0.29) is 5.91 Å². The highest BCUT2D eigenvalue weighted by Gasteiger charge is 2.05. The van der Waals surface area contributed by atoms with Gasteiger partial charge < -0.3 is 16.0 Å². The van der Waals surface area contributed by atoms with Crippen LogP contribution in [0.5, 0.6) is 0 Å². The predicted octanol–water partition coefficient (Wildman–Crippen LogP) is 1.89. The van der Waals surface area contributed by atoms with Crippen LogP contribution in [0.2, 0.25) is 5.02 Å². The van der Waals surface area contributed by atoms with Gasteiger partial charge in [-0.1, -0.05) is 18.5 Å². The lowest BCUT2D eigenvalue weighted by Gasteiger charge is -2.09. The molecule has 19 heavy (non-hydrogen) atoms. The lowest BCUT2D eigenvalue weighted by molar-refractivity contribution is -0.120. The van der Waals surface area contributed by atoms with E-state index in [1.807, 2.05) is 13.8 Å². The Morgan fingerprint density at radius 3 is 2.79 bits per heavy atom. The van der Waals surface area contributed by atoms with E-state index in [9.17, 15) is 4.79 Å². The SMILES string of the molecule is CCCNC(=O)CCNc1nc(NCC)ncc1Cl. The molecule has 0 saturated carbocycles. The van der Waals surface area contributed by atoms with E-state index in [4.69, 9.17) is 11.6 Å². The molecule has 1 rings (SSSR count). The fraction of sp³-hybridized carbons (Fsp3) is 0.583. The number of anilines is 2. The second-order valence-corrected chi connectivity index (χ2v) is 4.35. The van der Waals surface area contributed by atoms with Crippen molar-refractivity contribution in [2.45, 2.75) is 26.7 Å². The first-order valence-electron chi connectivity index (χ1n) is 6.44. The topological polar surface area (TPSA) is 78.9 Å². The van der Waals surface area contributed by atoms with Crippen LogP contribution in [0, 0.1) is 0 Å². The molecule has 0 unspecified atom stereocenters. The maximum absolute atomic E-state index is 11.4. The van der Waals surface area contributed by atoms with Gasteiger partial charge in [-0.15, -0.1) is 0 Å². The summed E-state index contributed by atoms with van der Waals surface area (Å²) < 4.78 is 0. The number of nitrogens with zero attached hydrogens (tertiary/aromatic N) is 2. The van der Waals surface area contributed by atoms with Crippen LogP contribution in [-0.2, 0) is 4.79 Å². The molecule has 7 heteroatoms. The van der Waals surface area contributed by atoms with Crippen molar-refractivity contribution in [2.75, 3.05) is 30.3 Å². The van der Waals surface area contributed by atoms with E-state index in [0.717, 1.165) is 13.0 Å². The number of carbonyl (C=O) groups is 1. The van der Waals surface area contributed by atoms with E-state index in [0.29, 0.717) is 36.3 Å². The van der Waals surface area contributed by atoms with Crippen LogP contribution in [0.1, 0.15) is 26.7 Å². The van der Waals surface area contributed by atoms with Crippen LogP contribution >= 0.6 is 11.6 Å². The summed E-state index contributed by atoms with van der Waals surface area (Å²) in [5.41, 5.74) is 0. The Bertz CT molecular complexity index is 413. The van der Waals surface area contributed by atoms with Crippen LogP contribution in [0.4, 0.5) is 11.8 Å². The molecule has 6 nitrogen and oxygen atoms in total. The van der Waals surface area contributed by atoms with Gasteiger partial charge in [0.2, 0.25) is 11.9 Å². The van der Waals surface area contributed by atoms with Gasteiger partial charge in [-0.25, -0.2) is 4.98 Å². The summed E-state index contributed by atoms with van der Waals surface area (Å²) in [7, 11) is 0. The third-order valence-electron chi connectivity index (χ3n) is 2.30. The van der Waals surface area contributed by atoms with Crippen molar-refractivity contribution < 1.29 is 4.79 Å². The molecule has 0 aromatic carbocycles. The highest BCUT2D eigenvalue weighted by atomic mass is 35.5. The van der Waals surface area contributed by atoms with Crippen molar-refractivity contribution >= 4 is 29.3 Å². The first kappa shape index (κ1) is 15.5. The molecule has 0 aliphatic rings. The lowest BCUT2D eigenvalue weighted by Crippen LogP contribution is -2.26. The normalized spacial score (nSPS) is 10.1. The average Bonchev–Trinajstić information content (AvgIpc) is 2.40. The van der Waals surface area contributed by atoms with E-state index in [2.05, 4.69) is 25.9 Å². The molecule has 0 spiro atoms. The summed E-state index contributed by atoms with van der Waals surface area (Å²) in [5.74, 6) is 1.08. The van der Waals surface area contributed by atoms with Gasteiger partial charge in [0.05, 0.1) is 6.20 Å². The van der Waals surface area contributed by atoms with Crippen molar-refractivity contribution in [3.8, 4) is 0 Å². The molecule has 0 bridgehead atoms. The summed E-state index contributed by atoms with van der Waals surface area (Å²) in [6.07, 6.45) is 2.85. The summed E-state index contributed by atoms with van der Waals surface area (Å²) in [6.45, 7) is 5.90. The molecular formula is C12H20ClN5O. The Morgan fingerprint density at radius 1 is 1.32 bits per heavy atom. The van der Waals surface area contributed by atoms with Gasteiger partial charge in [0.15, 0.2) is 0 Å². The number of carbonyl (C=O) groups excluding carboxylic acids is 1. The molecule has 1 aromatic heterocycles. The molecule has 0 atom stereocenters. The number of aromatic nitrogens is 2. The molecule has 0 radical (unpaired) electrons. The Balaban J connectivity index is 2.43. The average molecular weight is 286 g/mol. The molecular weight excluding hydrogens is 266 g/mol. The largest absolute Gasteiger partial charge is 0.368 e. The third-order valence-corrected chi connectivity index (χ3v) is 2.57. The number of hydrogen-bond donors (Lipinski definition) is 3. The number of halogens is 1. The number of rotatable bonds is 8. The molecule has 0 fully saturated rings. The fourth-order valence-corrected chi connectivity index (χ4v) is 1.54. The first-order chi connectivity index (χ1) is 9.17. The van der Waals surface area contributed by atoms with Crippen LogP contribution in [0.15, 0.2) is 6.20 Å². The summed E-state index contributed by atoms with van der Waals surface area (Å²) in [6, 6.07) is 0. The minimum Gasteiger partial charge on any atom is -0.368 e. The van der Waals surface area contributed by atoms with Gasteiger partial charge >= 0.3 is 0 Å². The molecule has 0 saturated heterocycles. The van der Waals surface area contributed by atoms with Crippen molar-refractivity contribution in [1.82, 2.24) is 15.3 Å². The van der Waals surface area contributed by atoms with Gasteiger partial charge in [-0.05, 0) is 13.3 Å². The summed E-state index contributed by atoms with van der Waals surface area (Å²) in [4.78, 5) is 19.7. The fourth-order valence-electron chi connectivity index (χ4n) is 1.38. The van der Waals surface area contributed by atoms with Crippen LogP contribution in [0.25, 0.3) is 0 Å². The highest BCUT2D eigenvalue weighted by Crippen LogP contribution is 2.19. The Morgan fingerprint density at radius 2 is 2.11 bits per heavy atom. The quantitative estimate of drug-likeness (QED) is 0.680. The van der Waals surface area contributed by atoms with Gasteiger partial charge in [-0.2, -0.15) is 4.98 Å². The smallest absolute Gasteiger partial charge is 0.224 e. The van der Waals surface area contributed by atoms with Gasteiger partial charge in [0.1, 0.15) is 10.8 Å². The second kappa shape index (κ2) is 8.53. The Hall–Kier alpha value is -1.56. The summed E-state index contributed by atoms with van der Waals surface area (Å²) >= 11 is 5.98. The summed E-state index contributed by atoms with van der Waals surface area (Å²) in [5, 5.41) is 9.29. The number of hydrogen-bond acceptors (Lipinski definition) is 5. The van der Waals surface area contributed by atoms with Crippen LogP contribution < -0.4 is 16.0 Å². The second-order valence-electron chi connectivity index (χ2n) is 3.95. The van der Waals surface area contributed by atoms with Gasteiger partial charge in [0, 0.05) is 26.1 Å². The van der Waals surface area contributed by atoms with E-state index >= 15 is 0 Å². The van der Waals surface area contributed by atoms with E-state index in [1.54, 1.807) is 0 Å². The standard InChI is InChI=1S/C12H20ClN5O/c1-3-6-15-10(19)5-7-16-11-9(13)8-17-12(18-11)14-4-2/h8H,3-7H2,1-2H3,(H,15,19)(H2,14,16,17,18). The van der Waals surface area contributed by atoms with Gasteiger partial charge in [0.25, 0.3) is 0 Å². The van der Waals surface area contributed by atoms with Crippen molar-refractivity contribution in [2.24, 2.45) is 0 Å². The zero-order valence-electron chi connectivity index (χ0n) is 11.3. The maximum Gasteiger partial charge on any atom is 0.224 e. The predicted molar refractivity (Wildman–Crippen MR) is 77.6 cm³/mol. The molecule has 3 N–H and O–H groups in total. The zero-order chi connectivity index (χ0) is 14.1. The first-order valence-corrected chi connectivity index (χ1v) is 6.82. The van der Waals surface area contributed by atoms with Crippen molar-refractivity contribution in [1.29, 1.82) is 0 Å². The lowest BCUT2D eigenvalue weighted by atomic mass is 10.3. The van der Waals surface area contributed by atoms with Crippen molar-refractivity contribution in [3.05, 3.63) is 11.2 Å². The highest BCUT2D eigenvalue weighted by molar-refractivity contribution is 6.32. The Kier molecular flexibility index (Phi) is 6.95. The van der Waals surface area contributed by atoms with Crippen LogP contribution in [0.3, 0.4) is 0 Å².